The normalized spacial score (nSPS) is 18.9. The number of hydrogen-bond donors (Lipinski definition) is 2. The van der Waals surface area contributed by atoms with Crippen molar-refractivity contribution in [2.45, 2.75) is 39.0 Å². The van der Waals surface area contributed by atoms with Crippen molar-refractivity contribution in [3.8, 4) is 5.75 Å². The first-order chi connectivity index (χ1) is 13.3. The molecule has 0 bridgehead atoms. The number of nitrogens with zero attached hydrogens (tertiary/aromatic N) is 2. The Hall–Kier alpha value is -3.23. The molecule has 7 nitrogen and oxygen atoms in total. The third kappa shape index (κ3) is 4.03. The van der Waals surface area contributed by atoms with Crippen LogP contribution in [0.15, 0.2) is 41.0 Å². The highest BCUT2D eigenvalue weighted by molar-refractivity contribution is 5.74. The van der Waals surface area contributed by atoms with Crippen molar-refractivity contribution in [2.75, 3.05) is 0 Å². The van der Waals surface area contributed by atoms with Crippen LogP contribution in [-0.2, 0) is 11.4 Å². The topological polar surface area (TPSA) is 93.4 Å². The van der Waals surface area contributed by atoms with E-state index in [0.717, 1.165) is 11.8 Å². The number of aliphatic carboxylic acids is 1. The zero-order valence-corrected chi connectivity index (χ0v) is 15.3. The van der Waals surface area contributed by atoms with E-state index in [4.69, 9.17) is 4.74 Å². The zero-order chi connectivity index (χ0) is 20.4. The zero-order valence-electron chi connectivity index (χ0n) is 15.3. The van der Waals surface area contributed by atoms with Gasteiger partial charge < -0.3 is 19.7 Å². The van der Waals surface area contributed by atoms with Crippen LogP contribution in [0.25, 0.3) is 0 Å². The number of nitrogens with one attached hydrogen (secondary N) is 1. The monoisotopic (exact) mass is 391 g/mol. The third-order valence-corrected chi connectivity index (χ3v) is 4.60. The molecule has 9 heteroatoms. The van der Waals surface area contributed by atoms with E-state index in [2.05, 4.69) is 10.3 Å². The molecule has 0 fully saturated rings. The fourth-order valence-electron chi connectivity index (χ4n) is 3.15. The van der Waals surface area contributed by atoms with Crippen LogP contribution >= 0.6 is 0 Å². The minimum absolute atomic E-state index is 0.0790. The van der Waals surface area contributed by atoms with Crippen LogP contribution in [0, 0.1) is 18.6 Å². The Kier molecular flexibility index (Phi) is 5.43. The summed E-state index contributed by atoms with van der Waals surface area (Å²) in [6.45, 7) is 3.26. The summed E-state index contributed by atoms with van der Waals surface area (Å²) in [5, 5.41) is 12.0. The Morgan fingerprint density at radius 1 is 1.36 bits per heavy atom. The lowest BCUT2D eigenvalue weighted by Gasteiger charge is -2.30. The van der Waals surface area contributed by atoms with Gasteiger partial charge in [0.2, 0.25) is 0 Å². The quantitative estimate of drug-likeness (QED) is 0.813. The molecule has 148 valence electrons. The average molecular weight is 391 g/mol. The van der Waals surface area contributed by atoms with Crippen molar-refractivity contribution < 1.29 is 23.4 Å². The van der Waals surface area contributed by atoms with Gasteiger partial charge in [-0.1, -0.05) is 0 Å². The molecule has 0 spiro atoms. The third-order valence-electron chi connectivity index (χ3n) is 4.60. The number of carbonyl (C=O) groups is 1. The first-order valence-corrected chi connectivity index (χ1v) is 8.57. The van der Waals surface area contributed by atoms with Gasteiger partial charge in [0.25, 0.3) is 5.56 Å². The van der Waals surface area contributed by atoms with Crippen molar-refractivity contribution in [3.63, 3.8) is 0 Å². The Morgan fingerprint density at radius 3 is 2.75 bits per heavy atom. The molecule has 1 aliphatic rings. The summed E-state index contributed by atoms with van der Waals surface area (Å²) in [7, 11) is 0. The molecule has 0 radical (unpaired) electrons. The maximum atomic E-state index is 13.7. The van der Waals surface area contributed by atoms with Crippen molar-refractivity contribution in [1.82, 2.24) is 14.9 Å². The van der Waals surface area contributed by atoms with Crippen LogP contribution in [0.2, 0.25) is 0 Å². The fraction of sp³-hybridized carbons (Fsp3) is 0.316. The molecule has 0 saturated carbocycles. The molecular weight excluding hydrogens is 372 g/mol. The van der Waals surface area contributed by atoms with Gasteiger partial charge in [-0.3, -0.25) is 9.78 Å². The van der Waals surface area contributed by atoms with Crippen molar-refractivity contribution in [2.24, 2.45) is 0 Å². The number of hydrogen-bond acceptors (Lipinski definition) is 5. The highest BCUT2D eigenvalue weighted by atomic mass is 19.1. The number of aryl methyl sites for hydroxylation is 1. The van der Waals surface area contributed by atoms with E-state index < -0.39 is 29.7 Å². The highest BCUT2D eigenvalue weighted by Crippen LogP contribution is 2.27. The number of allylic oxidation sites excluding steroid dienone is 1. The summed E-state index contributed by atoms with van der Waals surface area (Å²) < 4.78 is 33.5. The summed E-state index contributed by atoms with van der Waals surface area (Å²) >= 11 is 0. The van der Waals surface area contributed by atoms with Crippen molar-refractivity contribution >= 4 is 5.97 Å². The summed E-state index contributed by atoms with van der Waals surface area (Å²) in [4.78, 5) is 27.6. The Bertz CT molecular complexity index is 1000. The largest absolute Gasteiger partial charge is 0.487 e. The van der Waals surface area contributed by atoms with Crippen LogP contribution in [-0.4, -0.2) is 26.7 Å². The summed E-state index contributed by atoms with van der Waals surface area (Å²) in [5.41, 5.74) is 0.948. The van der Waals surface area contributed by atoms with Gasteiger partial charge in [0.15, 0.2) is 5.82 Å². The molecule has 3 heterocycles. The number of halogens is 2. The lowest BCUT2D eigenvalue weighted by molar-refractivity contribution is -0.139. The number of aromatic nitrogens is 2. The predicted octanol–water partition coefficient (Wildman–Crippen LogP) is 2.30. The van der Waals surface area contributed by atoms with Gasteiger partial charge in [-0.25, -0.2) is 13.6 Å². The molecule has 2 aromatic heterocycles. The predicted molar refractivity (Wildman–Crippen MR) is 95.9 cm³/mol. The van der Waals surface area contributed by atoms with Gasteiger partial charge in [0, 0.05) is 24.2 Å². The van der Waals surface area contributed by atoms with E-state index in [0.29, 0.717) is 11.8 Å². The van der Waals surface area contributed by atoms with Crippen LogP contribution in [0.5, 0.6) is 5.75 Å². The number of carboxylic acids is 1. The van der Waals surface area contributed by atoms with Crippen LogP contribution in [0.1, 0.15) is 30.8 Å². The molecule has 0 unspecified atom stereocenters. The first kappa shape index (κ1) is 19.5. The van der Waals surface area contributed by atoms with Crippen molar-refractivity contribution in [3.05, 3.63) is 69.5 Å². The fourth-order valence-corrected chi connectivity index (χ4v) is 3.15. The second-order valence-electron chi connectivity index (χ2n) is 6.61. The minimum atomic E-state index is -0.992. The molecule has 1 aliphatic heterocycles. The van der Waals surface area contributed by atoms with Gasteiger partial charge in [0.05, 0.1) is 12.2 Å². The molecule has 2 N–H and O–H groups in total. The number of rotatable bonds is 5. The van der Waals surface area contributed by atoms with E-state index in [1.165, 1.54) is 10.6 Å². The maximum absolute atomic E-state index is 13.7. The van der Waals surface area contributed by atoms with Gasteiger partial charge in [0.1, 0.15) is 29.9 Å². The lowest BCUT2D eigenvalue weighted by atomic mass is 9.96. The maximum Gasteiger partial charge on any atom is 0.326 e. The molecular formula is C19H19F2N3O4. The minimum Gasteiger partial charge on any atom is -0.487 e. The second kappa shape index (κ2) is 7.79. The smallest absolute Gasteiger partial charge is 0.326 e. The molecule has 0 aromatic carbocycles. The van der Waals surface area contributed by atoms with E-state index in [9.17, 15) is 23.5 Å². The van der Waals surface area contributed by atoms with Crippen LogP contribution < -0.4 is 15.6 Å². The standard InChI is InChI=1S/C19H19F2N3O4/c1-10-7-22-15(19(26)27)6-17(10)24-11(2)3-13(5-18(24)25)28-9-16-14(21)4-12(20)8-23-16/h3-5,7-8,15,17,22H,6,9H2,1-2H3,(H,26,27)/t15-,17-/m1/s1. The van der Waals surface area contributed by atoms with Gasteiger partial charge in [-0.05, 0) is 31.7 Å². The van der Waals surface area contributed by atoms with Crippen LogP contribution in [0.3, 0.4) is 0 Å². The van der Waals surface area contributed by atoms with Gasteiger partial charge >= 0.3 is 5.97 Å². The average Bonchev–Trinajstić information content (AvgIpc) is 2.61. The summed E-state index contributed by atoms with van der Waals surface area (Å²) in [5.74, 6) is -2.40. The number of carboxylic acid groups (broad SMARTS) is 1. The molecule has 0 aliphatic carbocycles. The number of pyridine rings is 2. The van der Waals surface area contributed by atoms with E-state index in [1.807, 2.05) is 6.92 Å². The molecule has 2 atom stereocenters. The molecule has 2 aromatic rings. The molecule has 28 heavy (non-hydrogen) atoms. The molecule has 3 rings (SSSR count). The highest BCUT2D eigenvalue weighted by Gasteiger charge is 2.29. The van der Waals surface area contributed by atoms with E-state index in [1.54, 1.807) is 19.2 Å². The number of ether oxygens (including phenoxy) is 1. The van der Waals surface area contributed by atoms with Gasteiger partial charge in [-0.2, -0.15) is 0 Å². The summed E-state index contributed by atoms with van der Waals surface area (Å²) in [6.07, 6.45) is 2.71. The SMILES string of the molecule is CC1=CN[C@@H](C(=O)O)C[C@H]1n1c(C)cc(OCc2ncc(F)cc2F)cc1=O. The van der Waals surface area contributed by atoms with E-state index in [-0.39, 0.29) is 30.0 Å². The first-order valence-electron chi connectivity index (χ1n) is 8.57. The second-order valence-corrected chi connectivity index (χ2v) is 6.61. The Balaban J connectivity index is 1.83. The molecule has 0 amide bonds. The molecule has 0 saturated heterocycles. The van der Waals surface area contributed by atoms with Crippen molar-refractivity contribution in [1.29, 1.82) is 0 Å². The van der Waals surface area contributed by atoms with E-state index >= 15 is 0 Å². The summed E-state index contributed by atoms with van der Waals surface area (Å²) in [6, 6.07) is 2.37. The lowest BCUT2D eigenvalue weighted by Crippen LogP contribution is -2.41. The van der Waals surface area contributed by atoms with Gasteiger partial charge in [-0.15, -0.1) is 0 Å². The Labute approximate surface area is 159 Å². The Morgan fingerprint density at radius 2 is 2.11 bits per heavy atom. The van der Waals surface area contributed by atoms with Crippen LogP contribution in [0.4, 0.5) is 8.78 Å².